The topological polar surface area (TPSA) is 64.3 Å². The van der Waals surface area contributed by atoms with Crippen LogP contribution in [0.1, 0.15) is 29.9 Å². The van der Waals surface area contributed by atoms with Crippen molar-refractivity contribution in [3.05, 3.63) is 66.0 Å². The number of rotatable bonds is 6. The van der Waals surface area contributed by atoms with Gasteiger partial charge in [-0.2, -0.15) is 0 Å². The molecule has 3 N–H and O–H groups in total. The van der Waals surface area contributed by atoms with Crippen molar-refractivity contribution in [3.63, 3.8) is 0 Å². The molecule has 1 aliphatic heterocycles. The van der Waals surface area contributed by atoms with Gasteiger partial charge in [-0.3, -0.25) is 0 Å². The predicted molar refractivity (Wildman–Crippen MR) is 121 cm³/mol. The summed E-state index contributed by atoms with van der Waals surface area (Å²) in [6.07, 6.45) is 5.85. The highest BCUT2D eigenvalue weighted by atomic mass is 16.5. The van der Waals surface area contributed by atoms with Crippen molar-refractivity contribution >= 4 is 21.8 Å². The summed E-state index contributed by atoms with van der Waals surface area (Å²) in [6, 6.07) is 14.6. The lowest BCUT2D eigenvalue weighted by Gasteiger charge is -2.33. The molecule has 5 heteroatoms. The van der Waals surface area contributed by atoms with Crippen LogP contribution in [0.25, 0.3) is 21.8 Å². The van der Waals surface area contributed by atoms with Gasteiger partial charge in [0.1, 0.15) is 18.5 Å². The normalized spacial score (nSPS) is 17.0. The van der Waals surface area contributed by atoms with Crippen molar-refractivity contribution in [1.29, 1.82) is 0 Å². The molecule has 1 unspecified atom stereocenters. The number of benzene rings is 2. The lowest BCUT2D eigenvalue weighted by molar-refractivity contribution is 0.0599. The number of aryl methyl sites for hydroxylation is 1. The maximum Gasteiger partial charge on any atom is 0.128 e. The third-order valence-corrected chi connectivity index (χ3v) is 6.35. The number of aromatic amines is 2. The Hall–Kier alpha value is -2.76. The highest BCUT2D eigenvalue weighted by Crippen LogP contribution is 2.33. The maximum absolute atomic E-state index is 10.5. The van der Waals surface area contributed by atoms with Crippen LogP contribution in [0.5, 0.6) is 5.75 Å². The SMILES string of the molecule is Cc1ccc2c(C3CCN(CC(O)COc4cccc5[nH]ccc45)CC3)c[nH]c2c1. The van der Waals surface area contributed by atoms with Crippen molar-refractivity contribution in [3.8, 4) is 5.75 Å². The van der Waals surface area contributed by atoms with Gasteiger partial charge in [0.15, 0.2) is 0 Å². The van der Waals surface area contributed by atoms with Gasteiger partial charge in [-0.15, -0.1) is 0 Å². The number of ether oxygens (including phenoxy) is 1. The van der Waals surface area contributed by atoms with Crippen LogP contribution in [0.4, 0.5) is 0 Å². The molecule has 2 aromatic heterocycles. The number of aliphatic hydroxyl groups is 1. The van der Waals surface area contributed by atoms with E-state index in [2.05, 4.69) is 46.2 Å². The number of piperidine rings is 1. The first-order chi connectivity index (χ1) is 14.7. The number of aromatic nitrogens is 2. The van der Waals surface area contributed by atoms with E-state index in [0.717, 1.165) is 42.6 Å². The van der Waals surface area contributed by atoms with E-state index in [1.54, 1.807) is 0 Å². The summed E-state index contributed by atoms with van der Waals surface area (Å²) in [7, 11) is 0. The molecule has 2 aromatic carbocycles. The first kappa shape index (κ1) is 19.2. The van der Waals surface area contributed by atoms with Crippen molar-refractivity contribution in [1.82, 2.24) is 14.9 Å². The van der Waals surface area contributed by atoms with E-state index in [9.17, 15) is 5.11 Å². The Morgan fingerprint density at radius 1 is 1.07 bits per heavy atom. The molecule has 1 fully saturated rings. The molecule has 156 valence electrons. The second kappa shape index (κ2) is 8.17. The second-order valence-electron chi connectivity index (χ2n) is 8.53. The summed E-state index contributed by atoms with van der Waals surface area (Å²) in [5.74, 6) is 1.40. The van der Waals surface area contributed by atoms with Crippen LogP contribution in [0.15, 0.2) is 54.9 Å². The van der Waals surface area contributed by atoms with Crippen LogP contribution in [0, 0.1) is 6.92 Å². The number of nitrogens with one attached hydrogen (secondary N) is 2. The van der Waals surface area contributed by atoms with Gasteiger partial charge >= 0.3 is 0 Å². The summed E-state index contributed by atoms with van der Waals surface area (Å²) >= 11 is 0. The lowest BCUT2D eigenvalue weighted by Crippen LogP contribution is -2.40. The zero-order chi connectivity index (χ0) is 20.5. The zero-order valence-electron chi connectivity index (χ0n) is 17.4. The maximum atomic E-state index is 10.5. The van der Waals surface area contributed by atoms with Gasteiger partial charge in [0, 0.05) is 40.7 Å². The van der Waals surface area contributed by atoms with E-state index in [1.165, 1.54) is 22.0 Å². The number of hydrogen-bond acceptors (Lipinski definition) is 3. The van der Waals surface area contributed by atoms with Gasteiger partial charge in [-0.1, -0.05) is 18.2 Å². The average molecular weight is 404 g/mol. The Kier molecular flexibility index (Phi) is 5.23. The minimum Gasteiger partial charge on any atom is -0.490 e. The van der Waals surface area contributed by atoms with Crippen LogP contribution in [0.3, 0.4) is 0 Å². The minimum absolute atomic E-state index is 0.312. The predicted octanol–water partition coefficient (Wildman–Crippen LogP) is 4.58. The summed E-state index contributed by atoms with van der Waals surface area (Å²) < 4.78 is 5.92. The Morgan fingerprint density at radius 3 is 2.80 bits per heavy atom. The number of β-amino-alcohol motifs (C(OH)–C–C–N with tert-alkyl or cyclic N) is 1. The largest absolute Gasteiger partial charge is 0.490 e. The molecule has 1 aliphatic rings. The van der Waals surface area contributed by atoms with E-state index in [-0.39, 0.29) is 0 Å². The van der Waals surface area contributed by atoms with E-state index in [0.29, 0.717) is 19.1 Å². The van der Waals surface area contributed by atoms with E-state index in [4.69, 9.17) is 4.74 Å². The highest BCUT2D eigenvalue weighted by molar-refractivity contribution is 5.86. The fourth-order valence-corrected chi connectivity index (χ4v) is 4.75. The number of H-pyrrole nitrogens is 2. The van der Waals surface area contributed by atoms with Crippen LogP contribution < -0.4 is 4.74 Å². The lowest BCUT2D eigenvalue weighted by atomic mass is 9.89. The standard InChI is InChI=1S/C25H29N3O2/c1-17-5-6-20-22(14-27-24(20)13-17)18-8-11-28(12-9-18)15-19(29)16-30-25-4-2-3-23-21(25)7-10-26-23/h2-7,10,13-14,18-19,26-27,29H,8-9,11-12,15-16H2,1H3. The summed E-state index contributed by atoms with van der Waals surface area (Å²) in [5.41, 5.74) is 5.01. The molecule has 1 atom stereocenters. The monoisotopic (exact) mass is 403 g/mol. The Balaban J connectivity index is 1.14. The first-order valence-electron chi connectivity index (χ1n) is 10.8. The van der Waals surface area contributed by atoms with Gasteiger partial charge in [0.2, 0.25) is 0 Å². The van der Waals surface area contributed by atoms with Crippen LogP contribution in [-0.2, 0) is 0 Å². The average Bonchev–Trinajstić information content (AvgIpc) is 3.39. The van der Waals surface area contributed by atoms with Crippen LogP contribution in [0.2, 0.25) is 0 Å². The number of likely N-dealkylation sites (tertiary alicyclic amines) is 1. The van der Waals surface area contributed by atoms with Gasteiger partial charge in [0.25, 0.3) is 0 Å². The first-order valence-corrected chi connectivity index (χ1v) is 10.8. The van der Waals surface area contributed by atoms with Crippen molar-refractivity contribution in [2.24, 2.45) is 0 Å². The van der Waals surface area contributed by atoms with E-state index in [1.807, 2.05) is 30.5 Å². The third kappa shape index (κ3) is 3.83. The summed E-state index contributed by atoms with van der Waals surface area (Å²) in [5, 5.41) is 12.9. The van der Waals surface area contributed by atoms with Crippen molar-refractivity contribution < 1.29 is 9.84 Å². The van der Waals surface area contributed by atoms with Crippen LogP contribution in [-0.4, -0.2) is 52.3 Å². The van der Waals surface area contributed by atoms with Crippen LogP contribution >= 0.6 is 0 Å². The molecule has 0 bridgehead atoms. The second-order valence-corrected chi connectivity index (χ2v) is 8.53. The Morgan fingerprint density at radius 2 is 1.93 bits per heavy atom. The molecule has 4 aromatic rings. The van der Waals surface area contributed by atoms with E-state index >= 15 is 0 Å². The molecule has 1 saturated heterocycles. The van der Waals surface area contributed by atoms with Gasteiger partial charge in [-0.25, -0.2) is 0 Å². The molecule has 3 heterocycles. The molecular weight excluding hydrogens is 374 g/mol. The summed E-state index contributed by atoms with van der Waals surface area (Å²) in [4.78, 5) is 8.99. The molecule has 0 aliphatic carbocycles. The molecule has 0 saturated carbocycles. The molecule has 0 amide bonds. The van der Waals surface area contributed by atoms with E-state index < -0.39 is 6.10 Å². The third-order valence-electron chi connectivity index (χ3n) is 6.35. The van der Waals surface area contributed by atoms with Crippen molar-refractivity contribution in [2.75, 3.05) is 26.2 Å². The van der Waals surface area contributed by atoms with Gasteiger partial charge < -0.3 is 24.7 Å². The minimum atomic E-state index is -0.494. The fourth-order valence-electron chi connectivity index (χ4n) is 4.75. The number of nitrogens with zero attached hydrogens (tertiary/aromatic N) is 1. The number of fused-ring (bicyclic) bond motifs is 2. The summed E-state index contributed by atoms with van der Waals surface area (Å²) in [6.45, 7) is 5.11. The molecule has 5 rings (SSSR count). The Bertz CT molecular complexity index is 1140. The number of hydrogen-bond donors (Lipinski definition) is 3. The molecule has 0 spiro atoms. The molecule has 0 radical (unpaired) electrons. The number of aliphatic hydroxyl groups excluding tert-OH is 1. The fraction of sp³-hybridized carbons (Fsp3) is 0.360. The van der Waals surface area contributed by atoms with Gasteiger partial charge in [0.05, 0.1) is 0 Å². The Labute approximate surface area is 176 Å². The molecule has 30 heavy (non-hydrogen) atoms. The molecular formula is C25H29N3O2. The smallest absolute Gasteiger partial charge is 0.128 e. The quantitative estimate of drug-likeness (QED) is 0.442. The zero-order valence-corrected chi connectivity index (χ0v) is 17.4. The highest BCUT2D eigenvalue weighted by Gasteiger charge is 2.24. The molecule has 5 nitrogen and oxygen atoms in total. The van der Waals surface area contributed by atoms with Crippen molar-refractivity contribution in [2.45, 2.75) is 31.8 Å². The van der Waals surface area contributed by atoms with Gasteiger partial charge in [-0.05, 0) is 74.2 Å².